The number of rotatable bonds is 1. The van der Waals surface area contributed by atoms with Crippen molar-refractivity contribution in [3.63, 3.8) is 0 Å². The number of nitrogens with one attached hydrogen (secondary N) is 1. The molecule has 0 spiro atoms. The molecule has 3 unspecified atom stereocenters. The summed E-state index contributed by atoms with van der Waals surface area (Å²) in [5, 5.41) is 3.44. The number of para-hydroxylation sites is 1. The average Bonchev–Trinajstić information content (AvgIpc) is 2.85. The third-order valence-electron chi connectivity index (χ3n) is 4.11. The summed E-state index contributed by atoms with van der Waals surface area (Å²) in [6, 6.07) is 8.41. The number of nitrogens with zero attached hydrogens (tertiary/aromatic N) is 1. The zero-order valence-corrected chi connectivity index (χ0v) is 9.02. The Hall–Kier alpha value is -1.35. The molecule has 0 bridgehead atoms. The molecule has 0 radical (unpaired) electrons. The Morgan fingerprint density at radius 3 is 3.19 bits per heavy atom. The highest BCUT2D eigenvalue weighted by atomic mass is 16.5. The van der Waals surface area contributed by atoms with Gasteiger partial charge in [-0.25, -0.2) is 0 Å². The van der Waals surface area contributed by atoms with Gasteiger partial charge in [-0.05, 0) is 18.1 Å². The number of hydrogen-bond acceptors (Lipinski definition) is 3. The van der Waals surface area contributed by atoms with Crippen molar-refractivity contribution >= 4 is 6.21 Å². The molecule has 2 heterocycles. The molecule has 1 aliphatic carbocycles. The molecule has 1 fully saturated rings. The molecule has 1 aromatic rings. The smallest absolute Gasteiger partial charge is 0.122 e. The quantitative estimate of drug-likeness (QED) is 0.769. The molecular formula is C13H14N2O. The molecule has 1 aromatic carbocycles. The molecule has 3 aliphatic rings. The van der Waals surface area contributed by atoms with Crippen molar-refractivity contribution < 1.29 is 4.74 Å². The first-order valence-corrected chi connectivity index (χ1v) is 5.87. The molecule has 1 saturated carbocycles. The van der Waals surface area contributed by atoms with Gasteiger partial charge in [0.25, 0.3) is 0 Å². The summed E-state index contributed by atoms with van der Waals surface area (Å²) >= 11 is 0. The van der Waals surface area contributed by atoms with Crippen LogP contribution in [0.3, 0.4) is 0 Å². The van der Waals surface area contributed by atoms with Gasteiger partial charge in [0, 0.05) is 24.1 Å². The summed E-state index contributed by atoms with van der Waals surface area (Å²) in [6.07, 6.45) is 3.46. The molecule has 2 aliphatic heterocycles. The van der Waals surface area contributed by atoms with Crippen molar-refractivity contribution in [2.45, 2.75) is 18.5 Å². The summed E-state index contributed by atoms with van der Waals surface area (Å²) in [5.41, 5.74) is 1.61. The second kappa shape index (κ2) is 2.86. The monoisotopic (exact) mass is 214 g/mol. The SMILES string of the molecule is C1=NC(C23COc4ccccc4C2C3)NC1. The average molecular weight is 214 g/mol. The first-order chi connectivity index (χ1) is 7.90. The van der Waals surface area contributed by atoms with Gasteiger partial charge in [-0.1, -0.05) is 18.2 Å². The van der Waals surface area contributed by atoms with Crippen LogP contribution in [0.25, 0.3) is 0 Å². The summed E-state index contributed by atoms with van der Waals surface area (Å²) in [7, 11) is 0. The van der Waals surface area contributed by atoms with E-state index in [0.717, 1.165) is 18.9 Å². The van der Waals surface area contributed by atoms with Gasteiger partial charge in [-0.2, -0.15) is 0 Å². The minimum atomic E-state index is 0.237. The van der Waals surface area contributed by atoms with Crippen LogP contribution in [0.4, 0.5) is 0 Å². The Bertz CT molecular complexity index is 471. The van der Waals surface area contributed by atoms with E-state index in [1.807, 2.05) is 12.3 Å². The van der Waals surface area contributed by atoms with Crippen molar-refractivity contribution in [3.8, 4) is 5.75 Å². The van der Waals surface area contributed by atoms with Gasteiger partial charge < -0.3 is 4.74 Å². The second-order valence-corrected chi connectivity index (χ2v) is 4.96. The summed E-state index contributed by atoms with van der Waals surface area (Å²) < 4.78 is 5.88. The van der Waals surface area contributed by atoms with Crippen molar-refractivity contribution in [1.29, 1.82) is 0 Å². The molecule has 0 saturated heterocycles. The predicted octanol–water partition coefficient (Wildman–Crippen LogP) is 1.55. The highest BCUT2D eigenvalue weighted by molar-refractivity contribution is 5.63. The van der Waals surface area contributed by atoms with E-state index in [0.29, 0.717) is 5.92 Å². The maximum Gasteiger partial charge on any atom is 0.122 e. The van der Waals surface area contributed by atoms with Crippen LogP contribution in [0.15, 0.2) is 29.3 Å². The van der Waals surface area contributed by atoms with Gasteiger partial charge in [-0.15, -0.1) is 0 Å². The van der Waals surface area contributed by atoms with E-state index < -0.39 is 0 Å². The number of benzene rings is 1. The Kier molecular flexibility index (Phi) is 1.56. The van der Waals surface area contributed by atoms with Crippen molar-refractivity contribution in [2.75, 3.05) is 13.2 Å². The van der Waals surface area contributed by atoms with Crippen LogP contribution >= 0.6 is 0 Å². The third kappa shape index (κ3) is 0.990. The van der Waals surface area contributed by atoms with Crippen LogP contribution in [0.2, 0.25) is 0 Å². The Balaban J connectivity index is 1.72. The van der Waals surface area contributed by atoms with E-state index in [1.54, 1.807) is 0 Å². The first kappa shape index (κ1) is 8.76. The number of aliphatic imine (C=N–C) groups is 1. The van der Waals surface area contributed by atoms with Gasteiger partial charge in [0.15, 0.2) is 0 Å². The lowest BCUT2D eigenvalue weighted by Gasteiger charge is -2.28. The fourth-order valence-corrected chi connectivity index (χ4v) is 3.12. The zero-order valence-electron chi connectivity index (χ0n) is 9.02. The van der Waals surface area contributed by atoms with E-state index >= 15 is 0 Å². The summed E-state index contributed by atoms with van der Waals surface area (Å²) in [6.45, 7) is 1.71. The van der Waals surface area contributed by atoms with Crippen molar-refractivity contribution in [2.24, 2.45) is 10.4 Å². The Morgan fingerprint density at radius 1 is 1.38 bits per heavy atom. The molecule has 0 aromatic heterocycles. The largest absolute Gasteiger partial charge is 0.493 e. The minimum Gasteiger partial charge on any atom is -0.493 e. The maximum absolute atomic E-state index is 5.88. The third-order valence-corrected chi connectivity index (χ3v) is 4.11. The normalized spacial score (nSPS) is 38.8. The molecule has 0 amide bonds. The number of fused-ring (bicyclic) bond motifs is 3. The Labute approximate surface area is 94.5 Å². The summed E-state index contributed by atoms with van der Waals surface area (Å²) in [4.78, 5) is 4.53. The van der Waals surface area contributed by atoms with Crippen LogP contribution < -0.4 is 10.1 Å². The van der Waals surface area contributed by atoms with Crippen LogP contribution in [0, 0.1) is 5.41 Å². The lowest BCUT2D eigenvalue weighted by molar-refractivity contribution is 0.177. The van der Waals surface area contributed by atoms with Crippen molar-refractivity contribution in [1.82, 2.24) is 5.32 Å². The van der Waals surface area contributed by atoms with Crippen LogP contribution in [-0.4, -0.2) is 25.5 Å². The highest BCUT2D eigenvalue weighted by Gasteiger charge is 2.63. The van der Waals surface area contributed by atoms with E-state index in [9.17, 15) is 0 Å². The lowest BCUT2D eigenvalue weighted by atomic mass is 9.94. The molecule has 3 nitrogen and oxygen atoms in total. The van der Waals surface area contributed by atoms with Crippen LogP contribution in [0.5, 0.6) is 5.75 Å². The van der Waals surface area contributed by atoms with Gasteiger partial charge in [-0.3, -0.25) is 10.3 Å². The predicted molar refractivity (Wildman–Crippen MR) is 62.0 cm³/mol. The zero-order chi connectivity index (χ0) is 10.6. The maximum atomic E-state index is 5.88. The van der Waals surface area contributed by atoms with E-state index in [4.69, 9.17) is 4.74 Å². The number of hydrogen-bond donors (Lipinski definition) is 1. The molecule has 82 valence electrons. The van der Waals surface area contributed by atoms with Gasteiger partial charge >= 0.3 is 0 Å². The standard InChI is InChI=1S/C13H14N2O/c1-2-4-11-9(3-1)10-7-13(10,8-16-11)12-14-5-6-15-12/h1-5,10,12,15H,6-8H2. The van der Waals surface area contributed by atoms with Gasteiger partial charge in [0.1, 0.15) is 11.9 Å². The Morgan fingerprint density at radius 2 is 2.31 bits per heavy atom. The summed E-state index contributed by atoms with van der Waals surface area (Å²) in [5.74, 6) is 1.72. The van der Waals surface area contributed by atoms with E-state index in [-0.39, 0.29) is 11.6 Å². The fourth-order valence-electron chi connectivity index (χ4n) is 3.12. The highest BCUT2D eigenvalue weighted by Crippen LogP contribution is 2.65. The van der Waals surface area contributed by atoms with Gasteiger partial charge in [0.05, 0.1) is 6.61 Å². The topological polar surface area (TPSA) is 33.6 Å². The minimum absolute atomic E-state index is 0.237. The molecular weight excluding hydrogens is 200 g/mol. The lowest BCUT2D eigenvalue weighted by Crippen LogP contribution is -2.38. The van der Waals surface area contributed by atoms with E-state index in [1.165, 1.54) is 12.0 Å². The molecule has 4 rings (SSSR count). The number of ether oxygens (including phenoxy) is 1. The second-order valence-electron chi connectivity index (χ2n) is 4.96. The molecule has 1 N–H and O–H groups in total. The van der Waals surface area contributed by atoms with Crippen molar-refractivity contribution in [3.05, 3.63) is 29.8 Å². The molecule has 16 heavy (non-hydrogen) atoms. The first-order valence-electron chi connectivity index (χ1n) is 5.87. The van der Waals surface area contributed by atoms with Crippen LogP contribution in [0.1, 0.15) is 17.9 Å². The van der Waals surface area contributed by atoms with Gasteiger partial charge in [0.2, 0.25) is 0 Å². The molecule has 3 atom stereocenters. The molecule has 3 heteroatoms. The van der Waals surface area contributed by atoms with Crippen LogP contribution in [-0.2, 0) is 0 Å². The van der Waals surface area contributed by atoms with E-state index in [2.05, 4.69) is 28.5 Å². The fraction of sp³-hybridized carbons (Fsp3) is 0.462.